The van der Waals surface area contributed by atoms with Gasteiger partial charge in [0.05, 0.1) is 6.04 Å². The summed E-state index contributed by atoms with van der Waals surface area (Å²) in [5.41, 5.74) is 1.16. The van der Waals surface area contributed by atoms with Gasteiger partial charge >= 0.3 is 0 Å². The van der Waals surface area contributed by atoms with Gasteiger partial charge in [-0.25, -0.2) is 0 Å². The molecule has 17 heavy (non-hydrogen) atoms. The van der Waals surface area contributed by atoms with Crippen LogP contribution in [-0.2, 0) is 4.79 Å². The molecule has 1 rings (SSSR count). The van der Waals surface area contributed by atoms with Crippen LogP contribution in [0.5, 0.6) is 0 Å². The maximum absolute atomic E-state index is 11.7. The summed E-state index contributed by atoms with van der Waals surface area (Å²) in [6.45, 7) is 3.94. The average molecular weight is 299 g/mol. The molecule has 1 aromatic rings. The quantitative estimate of drug-likeness (QED) is 0.927. The Morgan fingerprint density at radius 2 is 1.88 bits per heavy atom. The number of rotatable bonds is 4. The number of amides is 1. The third kappa shape index (κ3) is 3.82. The van der Waals surface area contributed by atoms with Crippen molar-refractivity contribution in [3.8, 4) is 0 Å². The standard InChI is InChI=1S/C13H19BrN2O/c1-9(11-7-5-6-8-12(11)14)15-10(2)13(17)16(3)4/h5-10,15H,1-4H3/t9-,10?/m0/s1. The monoisotopic (exact) mass is 298 g/mol. The number of hydrogen-bond acceptors (Lipinski definition) is 2. The summed E-state index contributed by atoms with van der Waals surface area (Å²) in [5.74, 6) is 0.0869. The number of nitrogens with zero attached hydrogens (tertiary/aromatic N) is 1. The molecule has 1 amide bonds. The highest BCUT2D eigenvalue weighted by atomic mass is 79.9. The van der Waals surface area contributed by atoms with Crippen molar-refractivity contribution in [1.29, 1.82) is 0 Å². The second-order valence-electron chi connectivity index (χ2n) is 4.36. The van der Waals surface area contributed by atoms with E-state index in [-0.39, 0.29) is 18.0 Å². The highest BCUT2D eigenvalue weighted by Gasteiger charge is 2.18. The molecule has 0 aliphatic heterocycles. The third-order valence-electron chi connectivity index (χ3n) is 2.68. The molecule has 0 fully saturated rings. The molecule has 0 radical (unpaired) electrons. The lowest BCUT2D eigenvalue weighted by Crippen LogP contribution is -2.42. The second kappa shape index (κ2) is 6.17. The van der Waals surface area contributed by atoms with Gasteiger partial charge in [-0.2, -0.15) is 0 Å². The van der Waals surface area contributed by atoms with Crippen molar-refractivity contribution in [3.63, 3.8) is 0 Å². The van der Waals surface area contributed by atoms with Crippen LogP contribution >= 0.6 is 15.9 Å². The molecule has 1 unspecified atom stereocenters. The molecule has 2 atom stereocenters. The van der Waals surface area contributed by atoms with E-state index in [1.165, 1.54) is 0 Å². The Morgan fingerprint density at radius 1 is 1.29 bits per heavy atom. The highest BCUT2D eigenvalue weighted by Crippen LogP contribution is 2.23. The van der Waals surface area contributed by atoms with Gasteiger partial charge in [0.15, 0.2) is 0 Å². The molecular weight excluding hydrogens is 280 g/mol. The van der Waals surface area contributed by atoms with Crippen LogP contribution in [0.15, 0.2) is 28.7 Å². The Balaban J connectivity index is 2.70. The van der Waals surface area contributed by atoms with Gasteiger partial charge in [-0.1, -0.05) is 34.1 Å². The summed E-state index contributed by atoms with van der Waals surface area (Å²) in [5, 5.41) is 3.30. The Kier molecular flexibility index (Phi) is 5.15. The van der Waals surface area contributed by atoms with Crippen molar-refractivity contribution >= 4 is 21.8 Å². The van der Waals surface area contributed by atoms with Crippen LogP contribution in [0.3, 0.4) is 0 Å². The van der Waals surface area contributed by atoms with E-state index in [2.05, 4.69) is 34.2 Å². The molecule has 0 aliphatic rings. The molecule has 0 heterocycles. The first-order valence-electron chi connectivity index (χ1n) is 5.65. The fourth-order valence-electron chi connectivity index (χ4n) is 1.75. The first-order chi connectivity index (χ1) is 7.93. The lowest BCUT2D eigenvalue weighted by Gasteiger charge is -2.23. The fraction of sp³-hybridized carbons (Fsp3) is 0.462. The summed E-state index contributed by atoms with van der Waals surface area (Å²) in [6, 6.07) is 7.97. The second-order valence-corrected chi connectivity index (χ2v) is 5.22. The van der Waals surface area contributed by atoms with E-state index >= 15 is 0 Å². The van der Waals surface area contributed by atoms with Crippen LogP contribution in [0.1, 0.15) is 25.5 Å². The Morgan fingerprint density at radius 3 is 2.41 bits per heavy atom. The van der Waals surface area contributed by atoms with Crippen LogP contribution < -0.4 is 5.32 Å². The molecule has 0 aliphatic carbocycles. The summed E-state index contributed by atoms with van der Waals surface area (Å²) < 4.78 is 1.06. The predicted octanol–water partition coefficient (Wildman–Crippen LogP) is 2.58. The molecule has 0 bridgehead atoms. The van der Waals surface area contributed by atoms with E-state index in [0.29, 0.717) is 0 Å². The van der Waals surface area contributed by atoms with Crippen molar-refractivity contribution in [2.75, 3.05) is 14.1 Å². The van der Waals surface area contributed by atoms with Gasteiger partial charge in [-0.15, -0.1) is 0 Å². The minimum Gasteiger partial charge on any atom is -0.347 e. The topological polar surface area (TPSA) is 32.3 Å². The van der Waals surface area contributed by atoms with Gasteiger partial charge in [0.2, 0.25) is 5.91 Å². The smallest absolute Gasteiger partial charge is 0.238 e. The number of likely N-dealkylation sites (N-methyl/N-ethyl adjacent to an activating group) is 1. The van der Waals surface area contributed by atoms with Gasteiger partial charge in [-0.05, 0) is 25.5 Å². The maximum atomic E-state index is 11.7. The SMILES string of the molecule is CC(N[C@@H](C)c1ccccc1Br)C(=O)N(C)C. The molecule has 0 saturated heterocycles. The normalized spacial score (nSPS) is 14.2. The van der Waals surface area contributed by atoms with Crippen molar-refractivity contribution in [2.45, 2.75) is 25.9 Å². The zero-order valence-corrected chi connectivity index (χ0v) is 12.3. The van der Waals surface area contributed by atoms with Crippen LogP contribution in [-0.4, -0.2) is 30.9 Å². The number of halogens is 1. The largest absolute Gasteiger partial charge is 0.347 e. The Labute approximate surface area is 111 Å². The van der Waals surface area contributed by atoms with Gasteiger partial charge in [0, 0.05) is 24.6 Å². The first-order valence-corrected chi connectivity index (χ1v) is 6.44. The fourth-order valence-corrected chi connectivity index (χ4v) is 2.38. The van der Waals surface area contributed by atoms with Gasteiger partial charge in [0.25, 0.3) is 0 Å². The van der Waals surface area contributed by atoms with E-state index in [1.54, 1.807) is 19.0 Å². The van der Waals surface area contributed by atoms with Crippen molar-refractivity contribution in [3.05, 3.63) is 34.3 Å². The lowest BCUT2D eigenvalue weighted by atomic mass is 10.1. The number of hydrogen-bond donors (Lipinski definition) is 1. The number of nitrogens with one attached hydrogen (secondary N) is 1. The van der Waals surface area contributed by atoms with Gasteiger partial charge in [0.1, 0.15) is 0 Å². The molecule has 1 N–H and O–H groups in total. The molecule has 0 spiro atoms. The van der Waals surface area contributed by atoms with E-state index < -0.39 is 0 Å². The van der Waals surface area contributed by atoms with Crippen LogP contribution in [0.2, 0.25) is 0 Å². The van der Waals surface area contributed by atoms with Crippen LogP contribution in [0.4, 0.5) is 0 Å². The molecular formula is C13H19BrN2O. The number of carbonyl (C=O) groups is 1. The molecule has 0 saturated carbocycles. The van der Waals surface area contributed by atoms with E-state index in [1.807, 2.05) is 25.1 Å². The first kappa shape index (κ1) is 14.2. The molecule has 4 heteroatoms. The highest BCUT2D eigenvalue weighted by molar-refractivity contribution is 9.10. The van der Waals surface area contributed by atoms with Gasteiger partial charge in [-0.3, -0.25) is 10.1 Å². The summed E-state index contributed by atoms with van der Waals surface area (Å²) >= 11 is 3.52. The molecule has 1 aromatic carbocycles. The average Bonchev–Trinajstić information content (AvgIpc) is 2.28. The zero-order chi connectivity index (χ0) is 13.0. The summed E-state index contributed by atoms with van der Waals surface area (Å²) in [7, 11) is 3.53. The third-order valence-corrected chi connectivity index (χ3v) is 3.41. The Bertz CT molecular complexity index is 393. The number of benzene rings is 1. The maximum Gasteiger partial charge on any atom is 0.238 e. The van der Waals surface area contributed by atoms with Crippen LogP contribution in [0, 0.1) is 0 Å². The van der Waals surface area contributed by atoms with Crippen LogP contribution in [0.25, 0.3) is 0 Å². The lowest BCUT2D eigenvalue weighted by molar-refractivity contribution is -0.130. The van der Waals surface area contributed by atoms with Crippen molar-refractivity contribution in [2.24, 2.45) is 0 Å². The molecule has 94 valence electrons. The number of carbonyl (C=O) groups excluding carboxylic acids is 1. The molecule has 3 nitrogen and oxygen atoms in total. The van der Waals surface area contributed by atoms with Gasteiger partial charge < -0.3 is 4.90 Å². The van der Waals surface area contributed by atoms with Crippen molar-refractivity contribution in [1.82, 2.24) is 10.2 Å². The summed E-state index contributed by atoms with van der Waals surface area (Å²) in [4.78, 5) is 13.3. The minimum absolute atomic E-state index is 0.0869. The van der Waals surface area contributed by atoms with E-state index in [0.717, 1.165) is 10.0 Å². The zero-order valence-electron chi connectivity index (χ0n) is 10.7. The van der Waals surface area contributed by atoms with Crippen molar-refractivity contribution < 1.29 is 4.79 Å². The predicted molar refractivity (Wildman–Crippen MR) is 73.8 cm³/mol. The van der Waals surface area contributed by atoms with E-state index in [4.69, 9.17) is 0 Å². The molecule has 0 aromatic heterocycles. The summed E-state index contributed by atoms with van der Waals surface area (Å²) in [6.07, 6.45) is 0. The minimum atomic E-state index is -0.188. The van der Waals surface area contributed by atoms with E-state index in [9.17, 15) is 4.79 Å². The Hall–Kier alpha value is -0.870.